The van der Waals surface area contributed by atoms with Gasteiger partial charge in [0, 0.05) is 0 Å². The second kappa shape index (κ2) is 2.81. The molecule has 0 amide bonds. The third-order valence-electron chi connectivity index (χ3n) is 1.68. The van der Waals surface area contributed by atoms with Gasteiger partial charge in [0.05, 0.1) is 0 Å². The van der Waals surface area contributed by atoms with Crippen molar-refractivity contribution < 1.29 is 9.36 Å². The van der Waals surface area contributed by atoms with Gasteiger partial charge in [0.15, 0.2) is 0 Å². The summed E-state index contributed by atoms with van der Waals surface area (Å²) in [6, 6.07) is 9.50. The fourth-order valence-electron chi connectivity index (χ4n) is 1.16. The minimum absolute atomic E-state index is 0.407. The number of aromatic nitrogens is 1. The molecule has 0 saturated heterocycles. The zero-order valence-electron chi connectivity index (χ0n) is 6.28. The third-order valence-corrected chi connectivity index (χ3v) is 1.68. The van der Waals surface area contributed by atoms with Crippen molar-refractivity contribution in [1.29, 1.82) is 0 Å². The van der Waals surface area contributed by atoms with Crippen LogP contribution in [0.2, 0.25) is 0 Å². The molecule has 1 aromatic heterocycles. The normalized spacial score (nSPS) is 9.67. The first-order valence-electron chi connectivity index (χ1n) is 3.58. The van der Waals surface area contributed by atoms with Gasteiger partial charge in [0.1, 0.15) is 0 Å². The minimum atomic E-state index is 0.407. The van der Waals surface area contributed by atoms with Gasteiger partial charge in [-0.1, -0.05) is 0 Å². The van der Waals surface area contributed by atoms with Crippen LogP contribution in [0.25, 0.3) is 10.9 Å². The van der Waals surface area contributed by atoms with Crippen LogP contribution in [0, 0.1) is 0 Å². The SMILES string of the molecule is O=BOc1cc2ccccc2[nH]1. The van der Waals surface area contributed by atoms with E-state index < -0.39 is 0 Å². The Kier molecular flexibility index (Phi) is 1.66. The van der Waals surface area contributed by atoms with Gasteiger partial charge in [0.2, 0.25) is 0 Å². The molecular weight excluding hydrogens is 153 g/mol. The average molecular weight is 159 g/mol. The van der Waals surface area contributed by atoms with Gasteiger partial charge in [0.25, 0.3) is 0 Å². The monoisotopic (exact) mass is 159 g/mol. The molecule has 0 unspecified atom stereocenters. The molecule has 58 valence electrons. The number of rotatable bonds is 2. The van der Waals surface area contributed by atoms with E-state index in [-0.39, 0.29) is 0 Å². The Balaban J connectivity index is 2.54. The van der Waals surface area contributed by atoms with Gasteiger partial charge in [-0.15, -0.1) is 0 Å². The Morgan fingerprint density at radius 1 is 1.33 bits per heavy atom. The molecule has 0 atom stereocenters. The second-order valence-electron chi connectivity index (χ2n) is 2.43. The predicted octanol–water partition coefficient (Wildman–Crippen LogP) is 1.51. The molecule has 0 saturated carbocycles. The number of nitrogens with one attached hydrogen (secondary N) is 1. The molecule has 2 aromatic rings. The van der Waals surface area contributed by atoms with Crippen LogP contribution in [0.4, 0.5) is 0 Å². The van der Waals surface area contributed by atoms with Crippen molar-refractivity contribution in [3.05, 3.63) is 30.3 Å². The molecule has 0 spiro atoms. The maximum absolute atomic E-state index is 10.0. The fraction of sp³-hybridized carbons (Fsp3) is 0. The van der Waals surface area contributed by atoms with Crippen LogP contribution in [0.5, 0.6) is 5.88 Å². The Morgan fingerprint density at radius 2 is 2.17 bits per heavy atom. The Hall–Kier alpha value is -1.58. The molecule has 0 aliphatic heterocycles. The quantitative estimate of drug-likeness (QED) is 0.674. The predicted molar refractivity (Wildman–Crippen MR) is 45.4 cm³/mol. The summed E-state index contributed by atoms with van der Waals surface area (Å²) in [4.78, 5) is 2.94. The van der Waals surface area contributed by atoms with Crippen molar-refractivity contribution in [2.45, 2.75) is 0 Å². The molecule has 0 bridgehead atoms. The van der Waals surface area contributed by atoms with Crippen LogP contribution in [-0.2, 0) is 4.70 Å². The number of fused-ring (bicyclic) bond motifs is 1. The molecule has 0 aliphatic rings. The average Bonchev–Trinajstić information content (AvgIpc) is 2.47. The van der Waals surface area contributed by atoms with Gasteiger partial charge in [-0.2, -0.15) is 0 Å². The van der Waals surface area contributed by atoms with E-state index in [0.29, 0.717) is 13.2 Å². The Labute approximate surface area is 69.6 Å². The number of benzene rings is 1. The molecule has 0 radical (unpaired) electrons. The first kappa shape index (κ1) is 7.09. The molecule has 12 heavy (non-hydrogen) atoms. The number of para-hydroxylation sites is 1. The van der Waals surface area contributed by atoms with E-state index in [1.165, 1.54) is 0 Å². The topological polar surface area (TPSA) is 42.1 Å². The van der Waals surface area contributed by atoms with Crippen molar-refractivity contribution >= 4 is 18.3 Å². The summed E-state index contributed by atoms with van der Waals surface area (Å²) >= 11 is 0. The van der Waals surface area contributed by atoms with E-state index in [1.807, 2.05) is 24.3 Å². The maximum atomic E-state index is 10.0. The van der Waals surface area contributed by atoms with E-state index in [9.17, 15) is 4.70 Å². The fourth-order valence-corrected chi connectivity index (χ4v) is 1.16. The van der Waals surface area contributed by atoms with Crippen LogP contribution in [0.1, 0.15) is 0 Å². The third kappa shape index (κ3) is 1.11. The molecule has 3 nitrogen and oxygen atoms in total. The van der Waals surface area contributed by atoms with Crippen molar-refractivity contribution in [2.24, 2.45) is 0 Å². The van der Waals surface area contributed by atoms with Crippen LogP contribution in [0.15, 0.2) is 30.3 Å². The van der Waals surface area contributed by atoms with E-state index in [2.05, 4.69) is 9.64 Å². The standard InChI is InChI=1S/C8H6BNO2/c11-9-12-8-5-6-3-1-2-4-7(6)10-8/h1-5,10H. The van der Waals surface area contributed by atoms with Crippen molar-refractivity contribution in [1.82, 2.24) is 4.98 Å². The van der Waals surface area contributed by atoms with Gasteiger partial charge < -0.3 is 0 Å². The zero-order valence-corrected chi connectivity index (χ0v) is 6.28. The summed E-state index contributed by atoms with van der Waals surface area (Å²) in [5.74, 6) is 0.478. The van der Waals surface area contributed by atoms with Crippen LogP contribution >= 0.6 is 0 Å². The molecule has 0 aliphatic carbocycles. The molecule has 1 heterocycles. The van der Waals surface area contributed by atoms with Crippen LogP contribution < -0.4 is 4.65 Å². The molecular formula is C8H6BNO2. The Morgan fingerprint density at radius 3 is 2.92 bits per heavy atom. The van der Waals surface area contributed by atoms with Crippen molar-refractivity contribution in [2.75, 3.05) is 0 Å². The van der Waals surface area contributed by atoms with E-state index >= 15 is 0 Å². The first-order chi connectivity index (χ1) is 5.90. The Bertz CT molecular complexity index is 377. The number of hydrogen-bond acceptors (Lipinski definition) is 2. The summed E-state index contributed by atoms with van der Waals surface area (Å²) in [7, 11) is 0.407. The number of hydrogen-bond donors (Lipinski definition) is 1. The van der Waals surface area contributed by atoms with E-state index in [1.54, 1.807) is 6.07 Å². The van der Waals surface area contributed by atoms with Gasteiger partial charge in [-0.3, -0.25) is 0 Å². The number of aromatic amines is 1. The van der Waals surface area contributed by atoms with Crippen molar-refractivity contribution in [3.63, 3.8) is 0 Å². The molecule has 1 aromatic carbocycles. The molecule has 4 heteroatoms. The van der Waals surface area contributed by atoms with Crippen LogP contribution in [0.3, 0.4) is 0 Å². The molecule has 1 N–H and O–H groups in total. The van der Waals surface area contributed by atoms with E-state index in [0.717, 1.165) is 10.9 Å². The number of H-pyrrole nitrogens is 1. The van der Waals surface area contributed by atoms with E-state index in [4.69, 9.17) is 0 Å². The summed E-state index contributed by atoms with van der Waals surface area (Å²) in [5.41, 5.74) is 0.967. The van der Waals surface area contributed by atoms with Gasteiger partial charge >= 0.3 is 68.8 Å². The summed E-state index contributed by atoms with van der Waals surface area (Å²) in [6.45, 7) is 0. The van der Waals surface area contributed by atoms with Crippen molar-refractivity contribution in [3.8, 4) is 5.88 Å². The summed E-state index contributed by atoms with van der Waals surface area (Å²) < 4.78 is 14.7. The van der Waals surface area contributed by atoms with Gasteiger partial charge in [-0.25, -0.2) is 0 Å². The van der Waals surface area contributed by atoms with Crippen LogP contribution in [-0.4, -0.2) is 12.3 Å². The zero-order chi connectivity index (χ0) is 8.39. The second-order valence-corrected chi connectivity index (χ2v) is 2.43. The summed E-state index contributed by atoms with van der Waals surface area (Å²) in [6.07, 6.45) is 0. The first-order valence-corrected chi connectivity index (χ1v) is 3.58. The van der Waals surface area contributed by atoms with Gasteiger partial charge in [-0.05, 0) is 0 Å². The molecule has 0 fully saturated rings. The molecule has 2 rings (SSSR count). The summed E-state index contributed by atoms with van der Waals surface area (Å²) in [5, 5.41) is 1.04.